The fourth-order valence-corrected chi connectivity index (χ4v) is 4.99. The Balaban J connectivity index is 1.61. The number of hydrogen-bond donors (Lipinski definition) is 0. The number of aromatic nitrogens is 2. The van der Waals surface area contributed by atoms with Crippen LogP contribution in [0.5, 0.6) is 0 Å². The molecule has 4 rings (SSSR count). The molecule has 3 heterocycles. The third-order valence-electron chi connectivity index (χ3n) is 3.68. The number of aryl methyl sites for hydroxylation is 1. The average molecular weight is 398 g/mol. The highest BCUT2D eigenvalue weighted by atomic mass is 32.1. The van der Waals surface area contributed by atoms with Gasteiger partial charge in [0.25, 0.3) is 0 Å². The summed E-state index contributed by atoms with van der Waals surface area (Å²) in [5.41, 5.74) is 2.52. The maximum Gasteiger partial charge on any atom is 0.239 e. The number of carbonyl (C=O) groups excluding carboxylic acids is 1. The molecule has 0 aliphatic heterocycles. The number of benzene rings is 1. The second-order valence-corrected chi connectivity index (χ2v) is 8.28. The normalized spacial score (nSPS) is 10.8. The molecular weight excluding hydrogens is 382 g/mol. The van der Waals surface area contributed by atoms with Gasteiger partial charge in [0.15, 0.2) is 5.13 Å². The van der Waals surface area contributed by atoms with Crippen LogP contribution in [-0.4, -0.2) is 15.9 Å². The zero-order valence-electron chi connectivity index (χ0n) is 14.0. The van der Waals surface area contributed by atoms with Gasteiger partial charge in [-0.05, 0) is 30.5 Å². The van der Waals surface area contributed by atoms with Crippen molar-refractivity contribution in [2.24, 2.45) is 0 Å². The first-order chi connectivity index (χ1) is 12.7. The van der Waals surface area contributed by atoms with Crippen molar-refractivity contribution < 1.29 is 4.79 Å². The van der Waals surface area contributed by atoms with E-state index in [4.69, 9.17) is 0 Å². The molecule has 0 aliphatic rings. The SMILES string of the molecule is Cc1csc(N(C(=O)Cc2csc(-c3cccs3)n2)c2ccccc2)n1. The van der Waals surface area contributed by atoms with Gasteiger partial charge in [-0.1, -0.05) is 24.3 Å². The molecule has 26 heavy (non-hydrogen) atoms. The molecule has 0 saturated carbocycles. The molecule has 0 radical (unpaired) electrons. The lowest BCUT2D eigenvalue weighted by Gasteiger charge is -2.19. The van der Waals surface area contributed by atoms with Gasteiger partial charge in [-0.15, -0.1) is 34.0 Å². The smallest absolute Gasteiger partial charge is 0.239 e. The van der Waals surface area contributed by atoms with E-state index in [1.807, 2.05) is 65.5 Å². The fourth-order valence-electron chi connectivity index (χ4n) is 2.52. The topological polar surface area (TPSA) is 46.1 Å². The molecule has 0 unspecified atom stereocenters. The molecule has 1 aromatic carbocycles. The van der Waals surface area contributed by atoms with E-state index in [1.165, 1.54) is 11.3 Å². The van der Waals surface area contributed by atoms with Crippen molar-refractivity contribution in [2.45, 2.75) is 13.3 Å². The number of thiophene rings is 1. The van der Waals surface area contributed by atoms with Crippen LogP contribution in [0, 0.1) is 6.92 Å². The summed E-state index contributed by atoms with van der Waals surface area (Å²) in [4.78, 5) is 25.0. The van der Waals surface area contributed by atoms with Crippen molar-refractivity contribution >= 4 is 50.7 Å². The van der Waals surface area contributed by atoms with Gasteiger partial charge in [0.2, 0.25) is 5.91 Å². The van der Waals surface area contributed by atoms with Crippen molar-refractivity contribution in [2.75, 3.05) is 4.90 Å². The molecule has 1 amide bonds. The second kappa shape index (κ2) is 7.49. The van der Waals surface area contributed by atoms with E-state index in [9.17, 15) is 4.79 Å². The molecule has 0 aliphatic carbocycles. The zero-order valence-corrected chi connectivity index (χ0v) is 16.4. The van der Waals surface area contributed by atoms with Gasteiger partial charge in [-0.2, -0.15) is 0 Å². The van der Waals surface area contributed by atoms with E-state index in [-0.39, 0.29) is 12.3 Å². The van der Waals surface area contributed by atoms with Crippen LogP contribution >= 0.6 is 34.0 Å². The molecule has 3 aromatic heterocycles. The predicted octanol–water partition coefficient (Wildman–Crippen LogP) is 5.54. The van der Waals surface area contributed by atoms with E-state index in [1.54, 1.807) is 27.6 Å². The van der Waals surface area contributed by atoms with E-state index in [0.29, 0.717) is 5.13 Å². The third kappa shape index (κ3) is 3.60. The quantitative estimate of drug-likeness (QED) is 0.444. The summed E-state index contributed by atoms with van der Waals surface area (Å²) >= 11 is 4.70. The first kappa shape index (κ1) is 17.1. The lowest BCUT2D eigenvalue weighted by Crippen LogP contribution is -2.27. The van der Waals surface area contributed by atoms with E-state index in [2.05, 4.69) is 9.97 Å². The molecule has 4 aromatic rings. The highest BCUT2D eigenvalue weighted by Crippen LogP contribution is 2.31. The standard InChI is InChI=1S/C19H15N3OS3/c1-13-11-26-19(20-13)22(15-6-3-2-4-7-15)17(23)10-14-12-25-18(21-14)16-8-5-9-24-16/h2-9,11-12H,10H2,1H3. The maximum atomic E-state index is 13.1. The Labute approximate surface area is 163 Å². The van der Waals surface area contributed by atoms with Crippen LogP contribution in [0.3, 0.4) is 0 Å². The van der Waals surface area contributed by atoms with Crippen LogP contribution in [0.4, 0.5) is 10.8 Å². The van der Waals surface area contributed by atoms with Crippen LogP contribution in [0.2, 0.25) is 0 Å². The third-order valence-corrected chi connectivity index (χ3v) is 6.55. The number of rotatable bonds is 5. The molecule has 0 fully saturated rings. The van der Waals surface area contributed by atoms with Crippen LogP contribution in [0.25, 0.3) is 9.88 Å². The van der Waals surface area contributed by atoms with Crippen LogP contribution in [0.15, 0.2) is 58.6 Å². The minimum absolute atomic E-state index is 0.0337. The Bertz CT molecular complexity index is 1010. The lowest BCUT2D eigenvalue weighted by atomic mass is 10.2. The molecule has 0 atom stereocenters. The summed E-state index contributed by atoms with van der Waals surface area (Å²) in [5.74, 6) is -0.0337. The number of nitrogens with zero attached hydrogens (tertiary/aromatic N) is 3. The number of anilines is 2. The molecule has 130 valence electrons. The van der Waals surface area contributed by atoms with Crippen LogP contribution < -0.4 is 4.90 Å². The van der Waals surface area contributed by atoms with Crippen molar-refractivity contribution in [3.63, 3.8) is 0 Å². The van der Waals surface area contributed by atoms with Gasteiger partial charge in [0, 0.05) is 10.8 Å². The Morgan fingerprint density at radius 1 is 1.00 bits per heavy atom. The number of thiazole rings is 2. The van der Waals surface area contributed by atoms with E-state index >= 15 is 0 Å². The van der Waals surface area contributed by atoms with Gasteiger partial charge in [0.1, 0.15) is 5.01 Å². The van der Waals surface area contributed by atoms with Gasteiger partial charge in [0.05, 0.1) is 28.4 Å². The highest BCUT2D eigenvalue weighted by Gasteiger charge is 2.22. The molecule has 4 nitrogen and oxygen atoms in total. The number of para-hydroxylation sites is 1. The molecule has 0 bridgehead atoms. The van der Waals surface area contributed by atoms with Crippen LogP contribution in [0.1, 0.15) is 11.4 Å². The second-order valence-electron chi connectivity index (χ2n) is 5.63. The summed E-state index contributed by atoms with van der Waals surface area (Å²) in [5, 5.41) is 7.59. The monoisotopic (exact) mass is 397 g/mol. The van der Waals surface area contributed by atoms with Gasteiger partial charge >= 0.3 is 0 Å². The summed E-state index contributed by atoms with van der Waals surface area (Å²) in [6, 6.07) is 13.7. The molecular formula is C19H15N3OS3. The minimum Gasteiger partial charge on any atom is -0.274 e. The number of amides is 1. The summed E-state index contributed by atoms with van der Waals surface area (Å²) in [7, 11) is 0. The summed E-state index contributed by atoms with van der Waals surface area (Å²) in [6.45, 7) is 1.93. The summed E-state index contributed by atoms with van der Waals surface area (Å²) in [6.07, 6.45) is 0.245. The van der Waals surface area contributed by atoms with Crippen molar-refractivity contribution in [1.29, 1.82) is 0 Å². The fraction of sp³-hybridized carbons (Fsp3) is 0.105. The van der Waals surface area contributed by atoms with E-state index in [0.717, 1.165) is 27.0 Å². The van der Waals surface area contributed by atoms with Gasteiger partial charge in [-0.25, -0.2) is 9.97 Å². The maximum absolute atomic E-state index is 13.1. The van der Waals surface area contributed by atoms with Crippen LogP contribution in [-0.2, 0) is 11.2 Å². The Kier molecular flexibility index (Phi) is 4.92. The van der Waals surface area contributed by atoms with E-state index < -0.39 is 0 Å². The molecule has 0 N–H and O–H groups in total. The Morgan fingerprint density at radius 3 is 2.54 bits per heavy atom. The number of carbonyl (C=O) groups is 1. The van der Waals surface area contributed by atoms with Crippen molar-refractivity contribution in [1.82, 2.24) is 9.97 Å². The van der Waals surface area contributed by atoms with Crippen molar-refractivity contribution in [3.8, 4) is 9.88 Å². The highest BCUT2D eigenvalue weighted by molar-refractivity contribution is 7.20. The Morgan fingerprint density at radius 2 is 1.85 bits per heavy atom. The largest absolute Gasteiger partial charge is 0.274 e. The molecule has 0 spiro atoms. The number of hydrogen-bond acceptors (Lipinski definition) is 6. The lowest BCUT2D eigenvalue weighted by molar-refractivity contribution is -0.117. The van der Waals surface area contributed by atoms with Crippen molar-refractivity contribution in [3.05, 3.63) is 70.0 Å². The van der Waals surface area contributed by atoms with Gasteiger partial charge in [-0.3, -0.25) is 9.69 Å². The zero-order chi connectivity index (χ0) is 17.9. The molecule has 0 saturated heterocycles. The summed E-state index contributed by atoms with van der Waals surface area (Å²) < 4.78 is 0. The predicted molar refractivity (Wildman–Crippen MR) is 110 cm³/mol. The molecule has 7 heteroatoms. The first-order valence-electron chi connectivity index (χ1n) is 7.99. The Hall–Kier alpha value is -2.35. The first-order valence-corrected chi connectivity index (χ1v) is 10.6. The average Bonchev–Trinajstić information content (AvgIpc) is 3.38. The minimum atomic E-state index is -0.0337. The van der Waals surface area contributed by atoms with Gasteiger partial charge < -0.3 is 0 Å².